The van der Waals surface area contributed by atoms with Crippen LogP contribution in [-0.2, 0) is 4.79 Å². The number of rotatable bonds is 12. The predicted molar refractivity (Wildman–Crippen MR) is 171 cm³/mol. The lowest BCUT2D eigenvalue weighted by Crippen LogP contribution is -2.55. The van der Waals surface area contributed by atoms with Gasteiger partial charge in [-0.3, -0.25) is 9.69 Å². The normalized spacial score (nSPS) is 39.8. The summed E-state index contributed by atoms with van der Waals surface area (Å²) in [4.78, 5) is 17.5. The molecule has 4 saturated carbocycles. The highest BCUT2D eigenvalue weighted by Crippen LogP contribution is 2.67. The summed E-state index contributed by atoms with van der Waals surface area (Å²) in [5.41, 5.74) is 6.78. The van der Waals surface area contributed by atoms with Crippen molar-refractivity contribution in [3.05, 3.63) is 0 Å². The summed E-state index contributed by atoms with van der Waals surface area (Å²) in [6, 6.07) is 0.986. The van der Waals surface area contributed by atoms with Gasteiger partial charge in [0.25, 0.3) is 0 Å². The minimum Gasteiger partial charge on any atom is -0.354 e. The maximum atomic E-state index is 12.2. The molecule has 0 aromatic carbocycles. The topological polar surface area (TPSA) is 73.6 Å². The van der Waals surface area contributed by atoms with Gasteiger partial charge in [0.1, 0.15) is 0 Å². The van der Waals surface area contributed by atoms with Crippen LogP contribution in [0.25, 0.3) is 0 Å². The Kier molecular flexibility index (Phi) is 10.8. The molecule has 5 fully saturated rings. The molecule has 4 unspecified atom stereocenters. The molecule has 5 rings (SSSR count). The molecule has 4 aliphatic carbocycles. The lowest BCUT2D eigenvalue weighted by Gasteiger charge is -2.61. The fourth-order valence-corrected chi connectivity index (χ4v) is 10.9. The van der Waals surface area contributed by atoms with Gasteiger partial charge in [-0.05, 0) is 144 Å². The monoisotopic (exact) mass is 572 g/mol. The van der Waals surface area contributed by atoms with Crippen LogP contribution in [0.4, 0.5) is 0 Å². The number of hydrogen-bond acceptors (Lipinski definition) is 5. The molecular formula is C35H65N5O. The fraction of sp³-hybridized carbons (Fsp3) is 0.971. The van der Waals surface area contributed by atoms with E-state index in [1.807, 2.05) is 0 Å². The standard InChI is InChI=1S/C35H65N5O/c1-26(2)38-33(41)8-5-7-27-10-12-31-30-11-9-28-25-29(13-15-35(28,4)32(30)14-16-34(27,31)3)37-18-20-40-23-21-39(22-24-40)19-6-17-36/h26-32,37H,5-25,36H2,1-4H3,(H,38,41)/t27-,28?,29-,30?,31?,32?,34+,35-/m0/s1. The zero-order valence-electron chi connectivity index (χ0n) is 27.3. The maximum absolute atomic E-state index is 12.2. The number of nitrogens with two attached hydrogens (primary N) is 1. The van der Waals surface area contributed by atoms with Crippen molar-refractivity contribution in [3.8, 4) is 0 Å². The van der Waals surface area contributed by atoms with E-state index in [0.717, 1.165) is 61.6 Å². The summed E-state index contributed by atoms with van der Waals surface area (Å²) < 4.78 is 0. The average molecular weight is 572 g/mol. The first-order valence-electron chi connectivity index (χ1n) is 17.9. The molecule has 8 atom stereocenters. The third-order valence-corrected chi connectivity index (χ3v) is 13.3. The highest BCUT2D eigenvalue weighted by Gasteiger charge is 2.59. The number of hydrogen-bond donors (Lipinski definition) is 3. The highest BCUT2D eigenvalue weighted by atomic mass is 16.1. The lowest BCUT2D eigenvalue weighted by molar-refractivity contribution is -0.122. The van der Waals surface area contributed by atoms with Crippen LogP contribution in [0.2, 0.25) is 0 Å². The second-order valence-electron chi connectivity index (χ2n) is 15.8. The molecule has 1 amide bonds. The molecule has 6 nitrogen and oxygen atoms in total. The SMILES string of the molecule is CC(C)NC(=O)CCC[C@H]1CCC2C3CCC4C[C@@H](NCCN5CCN(CCCN)CC5)CC[C@]4(C)C3CC[C@@]21C. The molecule has 4 N–H and O–H groups in total. The number of amides is 1. The Morgan fingerprint density at radius 3 is 2.32 bits per heavy atom. The summed E-state index contributed by atoms with van der Waals surface area (Å²) in [5, 5.41) is 7.11. The zero-order valence-corrected chi connectivity index (χ0v) is 27.3. The van der Waals surface area contributed by atoms with E-state index >= 15 is 0 Å². The van der Waals surface area contributed by atoms with Crippen molar-refractivity contribution in [1.29, 1.82) is 0 Å². The summed E-state index contributed by atoms with van der Waals surface area (Å²) in [6.07, 6.45) is 17.1. The molecule has 0 radical (unpaired) electrons. The van der Waals surface area contributed by atoms with Crippen LogP contribution in [0.15, 0.2) is 0 Å². The first-order valence-corrected chi connectivity index (χ1v) is 17.9. The Morgan fingerprint density at radius 2 is 1.59 bits per heavy atom. The number of fused-ring (bicyclic) bond motifs is 5. The molecule has 5 aliphatic rings. The lowest BCUT2D eigenvalue weighted by atomic mass is 9.44. The second kappa shape index (κ2) is 13.9. The van der Waals surface area contributed by atoms with E-state index in [1.165, 1.54) is 103 Å². The van der Waals surface area contributed by atoms with E-state index in [-0.39, 0.29) is 11.9 Å². The Hall–Kier alpha value is -0.690. The minimum atomic E-state index is 0.247. The van der Waals surface area contributed by atoms with E-state index in [9.17, 15) is 4.79 Å². The predicted octanol–water partition coefficient (Wildman–Crippen LogP) is 5.26. The molecule has 1 aliphatic heterocycles. The van der Waals surface area contributed by atoms with Gasteiger partial charge in [0.15, 0.2) is 0 Å². The van der Waals surface area contributed by atoms with Gasteiger partial charge < -0.3 is 21.3 Å². The molecule has 0 aromatic rings. The third-order valence-electron chi connectivity index (χ3n) is 13.3. The van der Waals surface area contributed by atoms with Crippen molar-refractivity contribution < 1.29 is 4.79 Å². The highest BCUT2D eigenvalue weighted by molar-refractivity contribution is 5.76. The van der Waals surface area contributed by atoms with Crippen molar-refractivity contribution in [1.82, 2.24) is 20.4 Å². The van der Waals surface area contributed by atoms with Gasteiger partial charge in [-0.2, -0.15) is 0 Å². The van der Waals surface area contributed by atoms with Crippen LogP contribution >= 0.6 is 0 Å². The molecule has 0 spiro atoms. The van der Waals surface area contributed by atoms with Gasteiger partial charge in [0, 0.05) is 57.8 Å². The number of piperazine rings is 1. The van der Waals surface area contributed by atoms with Crippen molar-refractivity contribution in [3.63, 3.8) is 0 Å². The van der Waals surface area contributed by atoms with Gasteiger partial charge >= 0.3 is 0 Å². The van der Waals surface area contributed by atoms with Crippen LogP contribution < -0.4 is 16.4 Å². The van der Waals surface area contributed by atoms with E-state index in [2.05, 4.69) is 48.1 Å². The largest absolute Gasteiger partial charge is 0.354 e. The molecule has 1 saturated heterocycles. The van der Waals surface area contributed by atoms with Crippen LogP contribution in [0.1, 0.15) is 111 Å². The molecule has 0 bridgehead atoms. The zero-order chi connectivity index (χ0) is 29.0. The maximum Gasteiger partial charge on any atom is 0.220 e. The van der Waals surface area contributed by atoms with Crippen molar-refractivity contribution in [2.24, 2.45) is 46.2 Å². The van der Waals surface area contributed by atoms with Gasteiger partial charge in [-0.15, -0.1) is 0 Å². The molecule has 41 heavy (non-hydrogen) atoms. The van der Waals surface area contributed by atoms with Gasteiger partial charge in [0.05, 0.1) is 0 Å². The quantitative estimate of drug-likeness (QED) is 0.298. The van der Waals surface area contributed by atoms with Gasteiger partial charge in [-0.25, -0.2) is 0 Å². The molecular weight excluding hydrogens is 506 g/mol. The summed E-state index contributed by atoms with van der Waals surface area (Å²) in [7, 11) is 0. The van der Waals surface area contributed by atoms with Crippen LogP contribution in [0, 0.1) is 40.4 Å². The van der Waals surface area contributed by atoms with Crippen molar-refractivity contribution >= 4 is 5.91 Å². The fourth-order valence-electron chi connectivity index (χ4n) is 10.9. The van der Waals surface area contributed by atoms with Gasteiger partial charge in [0.2, 0.25) is 5.91 Å². The molecule has 6 heteroatoms. The Labute approximate surface area is 252 Å². The summed E-state index contributed by atoms with van der Waals surface area (Å²) >= 11 is 0. The van der Waals surface area contributed by atoms with Crippen molar-refractivity contribution in [2.75, 3.05) is 52.4 Å². The van der Waals surface area contributed by atoms with E-state index in [1.54, 1.807) is 0 Å². The molecule has 0 aromatic heterocycles. The van der Waals surface area contributed by atoms with E-state index in [0.29, 0.717) is 17.3 Å². The average Bonchev–Trinajstić information content (AvgIpc) is 3.28. The van der Waals surface area contributed by atoms with Crippen LogP contribution in [0.5, 0.6) is 0 Å². The smallest absolute Gasteiger partial charge is 0.220 e. The minimum absolute atomic E-state index is 0.247. The van der Waals surface area contributed by atoms with E-state index in [4.69, 9.17) is 5.73 Å². The van der Waals surface area contributed by atoms with Crippen LogP contribution in [0.3, 0.4) is 0 Å². The third kappa shape index (κ3) is 7.18. The Balaban J connectivity index is 1.07. The van der Waals surface area contributed by atoms with Gasteiger partial charge in [-0.1, -0.05) is 13.8 Å². The number of carbonyl (C=O) groups is 1. The Bertz CT molecular complexity index is 842. The first kappa shape index (κ1) is 31.7. The summed E-state index contributed by atoms with van der Waals surface area (Å²) in [5.74, 6) is 4.84. The summed E-state index contributed by atoms with van der Waals surface area (Å²) in [6.45, 7) is 18.7. The molecule has 236 valence electrons. The number of nitrogens with zero attached hydrogens (tertiary/aromatic N) is 2. The Morgan fingerprint density at radius 1 is 0.878 bits per heavy atom. The number of nitrogens with one attached hydrogen (secondary N) is 2. The first-order chi connectivity index (χ1) is 19.7. The van der Waals surface area contributed by atoms with Crippen molar-refractivity contribution in [2.45, 2.75) is 123 Å². The number of carbonyl (C=O) groups excluding carboxylic acids is 1. The second-order valence-corrected chi connectivity index (χ2v) is 15.8. The molecule has 1 heterocycles. The van der Waals surface area contributed by atoms with E-state index < -0.39 is 0 Å². The van der Waals surface area contributed by atoms with Crippen LogP contribution in [-0.4, -0.2) is 80.1 Å².